The van der Waals surface area contributed by atoms with Crippen molar-refractivity contribution in [3.05, 3.63) is 95.8 Å². The summed E-state index contributed by atoms with van der Waals surface area (Å²) in [5.74, 6) is 5.74. The van der Waals surface area contributed by atoms with Gasteiger partial charge in [0.05, 0.1) is 10.6 Å². The first-order valence-electron chi connectivity index (χ1n) is 8.04. The van der Waals surface area contributed by atoms with Gasteiger partial charge in [-0.25, -0.2) is 0 Å². The SMILES string of the molecule is NN=c1sc(-c2ccccc2)c(-c2ccccc2)n1-c1ccccc1. The number of benzene rings is 3. The van der Waals surface area contributed by atoms with Gasteiger partial charge in [-0.1, -0.05) is 90.2 Å². The van der Waals surface area contributed by atoms with Crippen molar-refractivity contribution >= 4 is 11.3 Å². The Morgan fingerprint density at radius 2 is 1.20 bits per heavy atom. The number of nitrogens with two attached hydrogens (primary N) is 1. The maximum Gasteiger partial charge on any atom is 0.213 e. The Bertz CT molecular complexity index is 1030. The molecular weight excluding hydrogens is 326 g/mol. The first kappa shape index (κ1) is 15.4. The molecule has 0 unspecified atom stereocenters. The van der Waals surface area contributed by atoms with Gasteiger partial charge in [0.15, 0.2) is 0 Å². The highest BCUT2D eigenvalue weighted by Crippen LogP contribution is 2.36. The summed E-state index contributed by atoms with van der Waals surface area (Å²) >= 11 is 1.60. The zero-order chi connectivity index (χ0) is 17.1. The number of thiazole rings is 1. The summed E-state index contributed by atoms with van der Waals surface area (Å²) in [5.41, 5.74) is 4.44. The van der Waals surface area contributed by atoms with Gasteiger partial charge < -0.3 is 5.84 Å². The van der Waals surface area contributed by atoms with E-state index in [0.29, 0.717) is 0 Å². The number of aromatic nitrogens is 1. The molecular formula is C21H17N3S. The van der Waals surface area contributed by atoms with Gasteiger partial charge in [0.2, 0.25) is 4.80 Å². The van der Waals surface area contributed by atoms with E-state index in [4.69, 9.17) is 5.84 Å². The Balaban J connectivity index is 2.09. The second-order valence-corrected chi connectivity index (χ2v) is 6.57. The first-order chi connectivity index (χ1) is 12.4. The molecule has 4 rings (SSSR count). The molecule has 1 heterocycles. The number of para-hydroxylation sites is 1. The van der Waals surface area contributed by atoms with Crippen LogP contribution in [-0.2, 0) is 0 Å². The summed E-state index contributed by atoms with van der Waals surface area (Å²) in [6.07, 6.45) is 0. The van der Waals surface area contributed by atoms with Crippen LogP contribution in [0.25, 0.3) is 27.4 Å². The van der Waals surface area contributed by atoms with Gasteiger partial charge in [-0.05, 0) is 17.7 Å². The largest absolute Gasteiger partial charge is 0.320 e. The van der Waals surface area contributed by atoms with E-state index in [1.807, 2.05) is 30.3 Å². The average Bonchev–Trinajstić information content (AvgIpc) is 3.10. The fourth-order valence-corrected chi connectivity index (χ4v) is 4.01. The second-order valence-electron chi connectivity index (χ2n) is 5.59. The van der Waals surface area contributed by atoms with Crippen molar-refractivity contribution in [1.29, 1.82) is 0 Å². The van der Waals surface area contributed by atoms with Gasteiger partial charge >= 0.3 is 0 Å². The van der Waals surface area contributed by atoms with Crippen molar-refractivity contribution in [2.24, 2.45) is 10.9 Å². The molecule has 0 saturated carbocycles. The second kappa shape index (κ2) is 6.79. The fraction of sp³-hybridized carbons (Fsp3) is 0. The van der Waals surface area contributed by atoms with Crippen molar-refractivity contribution in [2.45, 2.75) is 0 Å². The van der Waals surface area contributed by atoms with Crippen LogP contribution >= 0.6 is 11.3 Å². The highest BCUT2D eigenvalue weighted by Gasteiger charge is 2.18. The lowest BCUT2D eigenvalue weighted by atomic mass is 10.1. The lowest BCUT2D eigenvalue weighted by Crippen LogP contribution is -2.15. The molecule has 0 amide bonds. The minimum absolute atomic E-state index is 0.768. The summed E-state index contributed by atoms with van der Waals surface area (Å²) in [7, 11) is 0. The third-order valence-corrected chi connectivity index (χ3v) is 5.14. The van der Waals surface area contributed by atoms with Crippen LogP contribution in [0.4, 0.5) is 0 Å². The van der Waals surface area contributed by atoms with Crippen LogP contribution in [0, 0.1) is 0 Å². The van der Waals surface area contributed by atoms with Crippen molar-refractivity contribution in [1.82, 2.24) is 4.57 Å². The first-order valence-corrected chi connectivity index (χ1v) is 8.86. The summed E-state index contributed by atoms with van der Waals surface area (Å²) in [6.45, 7) is 0. The Labute approximate surface area is 150 Å². The van der Waals surface area contributed by atoms with Crippen LogP contribution in [-0.4, -0.2) is 4.57 Å². The highest BCUT2D eigenvalue weighted by atomic mass is 32.1. The average molecular weight is 343 g/mol. The predicted molar refractivity (Wildman–Crippen MR) is 104 cm³/mol. The normalized spacial score (nSPS) is 11.6. The molecule has 122 valence electrons. The third-order valence-electron chi connectivity index (χ3n) is 4.03. The number of hydrogen-bond donors (Lipinski definition) is 1. The molecule has 0 atom stereocenters. The topological polar surface area (TPSA) is 43.3 Å². The Morgan fingerprint density at radius 3 is 1.76 bits per heavy atom. The quantitative estimate of drug-likeness (QED) is 0.427. The Hall–Kier alpha value is -3.11. The van der Waals surface area contributed by atoms with Crippen molar-refractivity contribution in [3.63, 3.8) is 0 Å². The van der Waals surface area contributed by atoms with Gasteiger partial charge in [-0.15, -0.1) is 0 Å². The van der Waals surface area contributed by atoms with E-state index in [1.54, 1.807) is 11.3 Å². The molecule has 0 bridgehead atoms. The van der Waals surface area contributed by atoms with Gasteiger partial charge in [-0.2, -0.15) is 5.10 Å². The molecule has 0 aliphatic carbocycles. The molecule has 3 aromatic carbocycles. The molecule has 25 heavy (non-hydrogen) atoms. The van der Waals surface area contributed by atoms with Gasteiger partial charge in [-0.3, -0.25) is 4.57 Å². The Kier molecular flexibility index (Phi) is 4.19. The summed E-state index contributed by atoms with van der Waals surface area (Å²) in [6, 6.07) is 30.9. The summed E-state index contributed by atoms with van der Waals surface area (Å²) in [5, 5.41) is 4.06. The van der Waals surface area contributed by atoms with Gasteiger partial charge in [0, 0.05) is 11.3 Å². The molecule has 0 spiro atoms. The van der Waals surface area contributed by atoms with Gasteiger partial charge in [0.25, 0.3) is 0 Å². The zero-order valence-electron chi connectivity index (χ0n) is 13.5. The molecule has 4 aromatic rings. The maximum absolute atomic E-state index is 5.74. The number of rotatable bonds is 3. The molecule has 0 saturated heterocycles. The van der Waals surface area contributed by atoms with Crippen LogP contribution < -0.4 is 10.6 Å². The van der Waals surface area contributed by atoms with Gasteiger partial charge in [0.1, 0.15) is 0 Å². The van der Waals surface area contributed by atoms with Crippen LogP contribution in [0.3, 0.4) is 0 Å². The van der Waals surface area contributed by atoms with E-state index in [2.05, 4.69) is 70.3 Å². The molecule has 2 N–H and O–H groups in total. The third kappa shape index (κ3) is 2.88. The fourth-order valence-electron chi connectivity index (χ4n) is 2.92. The standard InChI is InChI=1S/C21H17N3S/c22-23-21-24(18-14-8-3-9-15-18)19(16-10-4-1-5-11-16)20(25-21)17-12-6-2-7-13-17/h1-15H,22H2. The summed E-state index contributed by atoms with van der Waals surface area (Å²) < 4.78 is 2.13. The molecule has 3 nitrogen and oxygen atoms in total. The van der Waals surface area contributed by atoms with E-state index in [0.717, 1.165) is 32.2 Å². The molecule has 0 radical (unpaired) electrons. The van der Waals surface area contributed by atoms with Crippen LogP contribution in [0.1, 0.15) is 0 Å². The molecule has 0 aliphatic heterocycles. The maximum atomic E-state index is 5.74. The number of nitrogens with zero attached hydrogens (tertiary/aromatic N) is 2. The minimum Gasteiger partial charge on any atom is -0.320 e. The zero-order valence-corrected chi connectivity index (χ0v) is 14.4. The summed E-state index contributed by atoms with van der Waals surface area (Å²) in [4.78, 5) is 1.92. The number of hydrogen-bond acceptors (Lipinski definition) is 3. The molecule has 1 aromatic heterocycles. The van der Waals surface area contributed by atoms with Crippen molar-refractivity contribution in [3.8, 4) is 27.4 Å². The lowest BCUT2D eigenvalue weighted by Gasteiger charge is -2.11. The van der Waals surface area contributed by atoms with Crippen molar-refractivity contribution < 1.29 is 0 Å². The van der Waals surface area contributed by atoms with Crippen molar-refractivity contribution in [2.75, 3.05) is 0 Å². The monoisotopic (exact) mass is 343 g/mol. The van der Waals surface area contributed by atoms with E-state index in [9.17, 15) is 0 Å². The highest BCUT2D eigenvalue weighted by molar-refractivity contribution is 7.13. The smallest absolute Gasteiger partial charge is 0.213 e. The predicted octanol–water partition coefficient (Wildman–Crippen LogP) is 4.65. The minimum atomic E-state index is 0.768. The van der Waals surface area contributed by atoms with E-state index >= 15 is 0 Å². The van der Waals surface area contributed by atoms with E-state index < -0.39 is 0 Å². The molecule has 4 heteroatoms. The van der Waals surface area contributed by atoms with Crippen LogP contribution in [0.15, 0.2) is 96.1 Å². The van der Waals surface area contributed by atoms with Crippen LogP contribution in [0.2, 0.25) is 0 Å². The van der Waals surface area contributed by atoms with Crippen LogP contribution in [0.5, 0.6) is 0 Å². The van der Waals surface area contributed by atoms with E-state index in [-0.39, 0.29) is 0 Å². The van der Waals surface area contributed by atoms with E-state index in [1.165, 1.54) is 0 Å². The molecule has 0 aliphatic rings. The Morgan fingerprint density at radius 1 is 0.680 bits per heavy atom. The lowest BCUT2D eigenvalue weighted by molar-refractivity contribution is 0.971. The molecule has 0 fully saturated rings.